The van der Waals surface area contributed by atoms with E-state index in [1.165, 1.54) is 6.07 Å². The predicted molar refractivity (Wildman–Crippen MR) is 92.2 cm³/mol. The SMILES string of the molecule is Cc1ccc(NC(=O)C[C@@H]2N[C@H]3CCCC[C@@H]3NC2=O)cc1[N+](=O)[O-]. The maximum Gasteiger partial charge on any atom is 0.274 e. The van der Waals surface area contributed by atoms with Crippen LogP contribution in [0.3, 0.4) is 0 Å². The van der Waals surface area contributed by atoms with E-state index in [2.05, 4.69) is 16.0 Å². The molecule has 1 aromatic rings. The van der Waals surface area contributed by atoms with E-state index < -0.39 is 11.0 Å². The molecule has 3 N–H and O–H groups in total. The number of hydrogen-bond acceptors (Lipinski definition) is 5. The number of piperazine rings is 1. The van der Waals surface area contributed by atoms with Crippen molar-refractivity contribution in [2.24, 2.45) is 0 Å². The summed E-state index contributed by atoms with van der Waals surface area (Å²) in [6, 6.07) is 4.33. The molecule has 8 nitrogen and oxygen atoms in total. The Balaban J connectivity index is 1.61. The number of aryl methyl sites for hydroxylation is 1. The summed E-state index contributed by atoms with van der Waals surface area (Å²) >= 11 is 0. The molecule has 0 spiro atoms. The normalized spacial score (nSPS) is 25.6. The molecule has 2 fully saturated rings. The van der Waals surface area contributed by atoms with Gasteiger partial charge in [-0.1, -0.05) is 18.9 Å². The van der Waals surface area contributed by atoms with Gasteiger partial charge in [0.25, 0.3) is 5.69 Å². The van der Waals surface area contributed by atoms with Gasteiger partial charge in [0, 0.05) is 29.4 Å². The Kier molecular flexibility index (Phi) is 4.98. The first-order chi connectivity index (χ1) is 11.9. The molecule has 0 bridgehead atoms. The van der Waals surface area contributed by atoms with Gasteiger partial charge in [-0.3, -0.25) is 19.7 Å². The molecule has 0 unspecified atom stereocenters. The quantitative estimate of drug-likeness (QED) is 0.566. The van der Waals surface area contributed by atoms with E-state index in [0.29, 0.717) is 11.3 Å². The minimum atomic E-state index is -0.570. The number of amides is 2. The van der Waals surface area contributed by atoms with Crippen LogP contribution >= 0.6 is 0 Å². The number of nitrogens with one attached hydrogen (secondary N) is 3. The van der Waals surface area contributed by atoms with Crippen LogP contribution in [0.15, 0.2) is 18.2 Å². The Labute approximate surface area is 145 Å². The van der Waals surface area contributed by atoms with Crippen LogP contribution in [0.5, 0.6) is 0 Å². The summed E-state index contributed by atoms with van der Waals surface area (Å²) < 4.78 is 0. The Bertz CT molecular complexity index is 706. The Morgan fingerprint density at radius 2 is 2.04 bits per heavy atom. The number of carbonyl (C=O) groups is 2. The maximum atomic E-state index is 12.3. The lowest BCUT2D eigenvalue weighted by Crippen LogP contribution is -2.65. The molecule has 0 aromatic heterocycles. The topological polar surface area (TPSA) is 113 Å². The van der Waals surface area contributed by atoms with Gasteiger partial charge in [0.15, 0.2) is 0 Å². The lowest BCUT2D eigenvalue weighted by atomic mass is 9.87. The van der Waals surface area contributed by atoms with Gasteiger partial charge in [0.1, 0.15) is 0 Å². The molecule has 3 rings (SSSR count). The zero-order valence-corrected chi connectivity index (χ0v) is 14.1. The fourth-order valence-corrected chi connectivity index (χ4v) is 3.55. The van der Waals surface area contributed by atoms with Crippen LogP contribution in [0.1, 0.15) is 37.7 Å². The van der Waals surface area contributed by atoms with E-state index in [1.54, 1.807) is 19.1 Å². The van der Waals surface area contributed by atoms with Crippen LogP contribution < -0.4 is 16.0 Å². The molecule has 1 aliphatic heterocycles. The van der Waals surface area contributed by atoms with E-state index in [4.69, 9.17) is 0 Å². The second-order valence-corrected chi connectivity index (χ2v) is 6.74. The minimum absolute atomic E-state index is 0.00325. The molecule has 2 amide bonds. The minimum Gasteiger partial charge on any atom is -0.350 e. The number of nitrogens with zero attached hydrogens (tertiary/aromatic N) is 1. The largest absolute Gasteiger partial charge is 0.350 e. The molecule has 1 aromatic carbocycles. The third kappa shape index (κ3) is 3.96. The lowest BCUT2D eigenvalue weighted by molar-refractivity contribution is -0.385. The Morgan fingerprint density at radius 3 is 2.76 bits per heavy atom. The van der Waals surface area contributed by atoms with Crippen molar-refractivity contribution in [3.8, 4) is 0 Å². The summed E-state index contributed by atoms with van der Waals surface area (Å²) in [5, 5.41) is 19.9. The first kappa shape index (κ1) is 17.3. The highest BCUT2D eigenvalue weighted by Crippen LogP contribution is 2.24. The smallest absolute Gasteiger partial charge is 0.274 e. The number of benzene rings is 1. The molecule has 3 atom stereocenters. The number of nitro groups is 1. The van der Waals surface area contributed by atoms with Gasteiger partial charge >= 0.3 is 0 Å². The molecule has 2 aliphatic rings. The third-order valence-electron chi connectivity index (χ3n) is 4.90. The van der Waals surface area contributed by atoms with Crippen molar-refractivity contribution in [3.05, 3.63) is 33.9 Å². The zero-order valence-electron chi connectivity index (χ0n) is 14.1. The van der Waals surface area contributed by atoms with Crippen LogP contribution in [-0.2, 0) is 9.59 Å². The van der Waals surface area contributed by atoms with E-state index in [9.17, 15) is 19.7 Å². The van der Waals surface area contributed by atoms with E-state index in [-0.39, 0.29) is 36.0 Å². The van der Waals surface area contributed by atoms with Crippen molar-refractivity contribution < 1.29 is 14.5 Å². The molecule has 1 saturated carbocycles. The third-order valence-corrected chi connectivity index (χ3v) is 4.90. The molecule has 1 aliphatic carbocycles. The number of hydrogen-bond donors (Lipinski definition) is 3. The number of carbonyl (C=O) groups excluding carboxylic acids is 2. The van der Waals surface area contributed by atoms with Crippen LogP contribution in [0.25, 0.3) is 0 Å². The molecular formula is C17H22N4O4. The first-order valence-electron chi connectivity index (χ1n) is 8.55. The molecule has 134 valence electrons. The molecule has 0 radical (unpaired) electrons. The number of rotatable bonds is 4. The molecule has 8 heteroatoms. The van der Waals surface area contributed by atoms with Gasteiger partial charge < -0.3 is 16.0 Å². The fourth-order valence-electron chi connectivity index (χ4n) is 3.55. The standard InChI is InChI=1S/C17H22N4O4/c1-10-6-7-11(8-15(10)21(24)25)18-16(22)9-14-17(23)20-13-5-3-2-4-12(13)19-14/h6-8,12-14,19H,2-5,9H2,1H3,(H,18,22)(H,20,23)/t12-,13-,14-/m0/s1. The first-order valence-corrected chi connectivity index (χ1v) is 8.55. The van der Waals surface area contributed by atoms with Crippen molar-refractivity contribution in [3.63, 3.8) is 0 Å². The van der Waals surface area contributed by atoms with Gasteiger partial charge in [-0.15, -0.1) is 0 Å². The number of anilines is 1. The molecule has 1 saturated heterocycles. The van der Waals surface area contributed by atoms with Crippen molar-refractivity contribution in [1.29, 1.82) is 0 Å². The highest BCUT2D eigenvalue weighted by molar-refractivity contribution is 5.96. The summed E-state index contributed by atoms with van der Waals surface area (Å²) in [7, 11) is 0. The summed E-state index contributed by atoms with van der Waals surface area (Å²) in [6.07, 6.45) is 4.19. The van der Waals surface area contributed by atoms with Crippen LogP contribution in [0, 0.1) is 17.0 Å². The Morgan fingerprint density at radius 1 is 1.32 bits per heavy atom. The highest BCUT2D eigenvalue weighted by atomic mass is 16.6. The van der Waals surface area contributed by atoms with Crippen LogP contribution in [0.4, 0.5) is 11.4 Å². The van der Waals surface area contributed by atoms with Gasteiger partial charge in [0.05, 0.1) is 17.4 Å². The summed E-state index contributed by atoms with van der Waals surface area (Å²) in [5.74, 6) is -0.506. The van der Waals surface area contributed by atoms with Crippen molar-refractivity contribution in [2.45, 2.75) is 57.2 Å². The predicted octanol–water partition coefficient (Wildman–Crippen LogP) is 1.63. The van der Waals surface area contributed by atoms with Crippen LogP contribution in [-0.4, -0.2) is 34.9 Å². The monoisotopic (exact) mass is 346 g/mol. The van der Waals surface area contributed by atoms with E-state index in [1.807, 2.05) is 0 Å². The Hall–Kier alpha value is -2.48. The summed E-state index contributed by atoms with van der Waals surface area (Å²) in [5.41, 5.74) is 0.838. The molecule has 1 heterocycles. The maximum absolute atomic E-state index is 12.3. The summed E-state index contributed by atoms with van der Waals surface area (Å²) in [4.78, 5) is 34.9. The lowest BCUT2D eigenvalue weighted by Gasteiger charge is -2.40. The second kappa shape index (κ2) is 7.18. The van der Waals surface area contributed by atoms with Gasteiger partial charge in [-0.25, -0.2) is 0 Å². The highest BCUT2D eigenvalue weighted by Gasteiger charge is 2.36. The summed E-state index contributed by atoms with van der Waals surface area (Å²) in [6.45, 7) is 1.64. The van der Waals surface area contributed by atoms with Crippen molar-refractivity contribution >= 4 is 23.2 Å². The average Bonchev–Trinajstić information content (AvgIpc) is 2.57. The van der Waals surface area contributed by atoms with E-state index >= 15 is 0 Å². The number of nitro benzene ring substituents is 1. The van der Waals surface area contributed by atoms with Crippen molar-refractivity contribution in [1.82, 2.24) is 10.6 Å². The van der Waals surface area contributed by atoms with Crippen LogP contribution in [0.2, 0.25) is 0 Å². The molecule has 25 heavy (non-hydrogen) atoms. The number of fused-ring (bicyclic) bond motifs is 1. The van der Waals surface area contributed by atoms with E-state index in [0.717, 1.165) is 25.7 Å². The second-order valence-electron chi connectivity index (χ2n) is 6.74. The average molecular weight is 346 g/mol. The fraction of sp³-hybridized carbons (Fsp3) is 0.529. The van der Waals surface area contributed by atoms with Gasteiger partial charge in [-0.2, -0.15) is 0 Å². The van der Waals surface area contributed by atoms with Gasteiger partial charge in [-0.05, 0) is 25.8 Å². The molecular weight excluding hydrogens is 324 g/mol. The zero-order chi connectivity index (χ0) is 18.0. The van der Waals surface area contributed by atoms with Gasteiger partial charge in [0.2, 0.25) is 11.8 Å². The van der Waals surface area contributed by atoms with Crippen molar-refractivity contribution in [2.75, 3.05) is 5.32 Å².